The predicted molar refractivity (Wildman–Crippen MR) is 60.0 cm³/mol. The van der Waals surface area contributed by atoms with E-state index in [2.05, 4.69) is 24.5 Å². The predicted octanol–water partition coefficient (Wildman–Crippen LogP) is 2.32. The molecule has 3 heteroatoms. The van der Waals surface area contributed by atoms with Crippen LogP contribution in [-0.2, 0) is 11.2 Å². The van der Waals surface area contributed by atoms with Gasteiger partial charge in [-0.05, 0) is 36.4 Å². The van der Waals surface area contributed by atoms with Crippen LogP contribution in [0.3, 0.4) is 0 Å². The SMILES string of the molecule is CSc1ccc2c(c1)CCN2C(C)=O. The van der Waals surface area contributed by atoms with Gasteiger partial charge < -0.3 is 4.90 Å². The van der Waals surface area contributed by atoms with E-state index in [-0.39, 0.29) is 5.91 Å². The third-order valence-corrected chi connectivity index (χ3v) is 3.29. The average molecular weight is 207 g/mol. The Labute approximate surface area is 88.3 Å². The maximum absolute atomic E-state index is 11.3. The number of carbonyl (C=O) groups is 1. The summed E-state index contributed by atoms with van der Waals surface area (Å²) >= 11 is 1.74. The van der Waals surface area contributed by atoms with Gasteiger partial charge in [0.05, 0.1) is 0 Å². The third kappa shape index (κ3) is 1.52. The zero-order valence-corrected chi connectivity index (χ0v) is 9.23. The van der Waals surface area contributed by atoms with Crippen LogP contribution in [0.15, 0.2) is 23.1 Å². The molecule has 1 amide bonds. The van der Waals surface area contributed by atoms with Crippen molar-refractivity contribution in [3.8, 4) is 0 Å². The fourth-order valence-corrected chi connectivity index (χ4v) is 2.30. The standard InChI is InChI=1S/C11H13NOS/c1-8(13)12-6-5-9-7-10(14-2)3-4-11(9)12/h3-4,7H,5-6H2,1-2H3. The molecule has 2 rings (SSSR count). The van der Waals surface area contributed by atoms with Gasteiger partial charge >= 0.3 is 0 Å². The Hall–Kier alpha value is -0.960. The van der Waals surface area contributed by atoms with E-state index in [0.29, 0.717) is 0 Å². The highest BCUT2D eigenvalue weighted by Crippen LogP contribution is 2.31. The topological polar surface area (TPSA) is 20.3 Å². The van der Waals surface area contributed by atoms with Crippen LogP contribution in [0.2, 0.25) is 0 Å². The number of nitrogens with zero attached hydrogens (tertiary/aromatic N) is 1. The van der Waals surface area contributed by atoms with Crippen molar-refractivity contribution in [2.75, 3.05) is 17.7 Å². The first-order valence-electron chi connectivity index (χ1n) is 4.67. The van der Waals surface area contributed by atoms with Crippen molar-refractivity contribution in [1.29, 1.82) is 0 Å². The van der Waals surface area contributed by atoms with Gasteiger partial charge in [-0.25, -0.2) is 0 Å². The number of amides is 1. The van der Waals surface area contributed by atoms with E-state index in [4.69, 9.17) is 0 Å². The smallest absolute Gasteiger partial charge is 0.223 e. The maximum atomic E-state index is 11.3. The van der Waals surface area contributed by atoms with E-state index in [1.54, 1.807) is 18.7 Å². The van der Waals surface area contributed by atoms with Crippen LogP contribution < -0.4 is 4.90 Å². The highest BCUT2D eigenvalue weighted by atomic mass is 32.2. The molecule has 1 heterocycles. The molecular formula is C11H13NOS. The van der Waals surface area contributed by atoms with E-state index in [1.165, 1.54) is 10.5 Å². The van der Waals surface area contributed by atoms with E-state index in [9.17, 15) is 4.79 Å². The highest BCUT2D eigenvalue weighted by Gasteiger charge is 2.21. The molecule has 74 valence electrons. The Bertz CT molecular complexity index is 376. The summed E-state index contributed by atoms with van der Waals surface area (Å²) in [5, 5.41) is 0. The van der Waals surface area contributed by atoms with Crippen molar-refractivity contribution in [1.82, 2.24) is 0 Å². The van der Waals surface area contributed by atoms with Gasteiger partial charge in [-0.3, -0.25) is 4.79 Å². The van der Waals surface area contributed by atoms with Crippen molar-refractivity contribution >= 4 is 23.4 Å². The van der Waals surface area contributed by atoms with Gasteiger partial charge in [-0.2, -0.15) is 0 Å². The van der Waals surface area contributed by atoms with Gasteiger partial charge in [0.1, 0.15) is 0 Å². The number of hydrogen-bond acceptors (Lipinski definition) is 2. The summed E-state index contributed by atoms with van der Waals surface area (Å²) in [6.45, 7) is 2.46. The van der Waals surface area contributed by atoms with Gasteiger partial charge in [0, 0.05) is 24.1 Å². The molecule has 1 aromatic rings. The Morgan fingerprint density at radius 2 is 2.29 bits per heavy atom. The molecule has 1 aliphatic rings. The molecule has 0 unspecified atom stereocenters. The number of rotatable bonds is 1. The minimum atomic E-state index is 0.139. The Morgan fingerprint density at radius 1 is 1.50 bits per heavy atom. The third-order valence-electron chi connectivity index (χ3n) is 2.56. The first-order valence-corrected chi connectivity index (χ1v) is 5.90. The molecule has 1 aromatic carbocycles. The summed E-state index contributed by atoms with van der Waals surface area (Å²) in [5.41, 5.74) is 2.39. The molecule has 0 atom stereocenters. The summed E-state index contributed by atoms with van der Waals surface area (Å²) in [6, 6.07) is 6.31. The van der Waals surface area contributed by atoms with Crippen LogP contribution in [0.25, 0.3) is 0 Å². The van der Waals surface area contributed by atoms with E-state index < -0.39 is 0 Å². The summed E-state index contributed by atoms with van der Waals surface area (Å²) < 4.78 is 0. The Morgan fingerprint density at radius 3 is 2.93 bits per heavy atom. The lowest BCUT2D eigenvalue weighted by Crippen LogP contribution is -2.25. The number of thioether (sulfide) groups is 1. The number of benzene rings is 1. The van der Waals surface area contributed by atoms with Gasteiger partial charge in [0.2, 0.25) is 5.91 Å². The van der Waals surface area contributed by atoms with E-state index >= 15 is 0 Å². The normalized spacial score (nSPS) is 14.3. The second-order valence-corrected chi connectivity index (χ2v) is 4.29. The monoisotopic (exact) mass is 207 g/mol. The quantitative estimate of drug-likeness (QED) is 0.659. The molecule has 0 fully saturated rings. The lowest BCUT2D eigenvalue weighted by Gasteiger charge is -2.14. The fourth-order valence-electron chi connectivity index (χ4n) is 1.83. The second kappa shape index (κ2) is 3.65. The molecule has 0 saturated carbocycles. The molecular weight excluding hydrogens is 194 g/mol. The molecule has 0 aromatic heterocycles. The number of anilines is 1. The zero-order valence-electron chi connectivity index (χ0n) is 8.41. The molecule has 0 aliphatic carbocycles. The molecule has 1 aliphatic heterocycles. The molecule has 0 radical (unpaired) electrons. The lowest BCUT2D eigenvalue weighted by molar-refractivity contribution is -0.116. The summed E-state index contributed by atoms with van der Waals surface area (Å²) in [6.07, 6.45) is 3.06. The van der Waals surface area contributed by atoms with E-state index in [0.717, 1.165) is 18.7 Å². The number of fused-ring (bicyclic) bond motifs is 1. The van der Waals surface area contributed by atoms with Crippen LogP contribution >= 0.6 is 11.8 Å². The van der Waals surface area contributed by atoms with Crippen molar-refractivity contribution in [2.24, 2.45) is 0 Å². The van der Waals surface area contributed by atoms with Crippen LogP contribution in [0.5, 0.6) is 0 Å². The Kier molecular flexibility index (Phi) is 2.50. The van der Waals surface area contributed by atoms with Gasteiger partial charge in [-0.1, -0.05) is 0 Å². The largest absolute Gasteiger partial charge is 0.312 e. The second-order valence-electron chi connectivity index (χ2n) is 3.42. The molecule has 0 bridgehead atoms. The summed E-state index contributed by atoms with van der Waals surface area (Å²) in [4.78, 5) is 14.4. The minimum Gasteiger partial charge on any atom is -0.312 e. The van der Waals surface area contributed by atoms with Crippen molar-refractivity contribution in [2.45, 2.75) is 18.2 Å². The van der Waals surface area contributed by atoms with Crippen LogP contribution in [-0.4, -0.2) is 18.7 Å². The van der Waals surface area contributed by atoms with Gasteiger partial charge in [-0.15, -0.1) is 11.8 Å². The van der Waals surface area contributed by atoms with Crippen LogP contribution in [0.1, 0.15) is 12.5 Å². The lowest BCUT2D eigenvalue weighted by atomic mass is 10.2. The first-order chi connectivity index (χ1) is 6.72. The molecule has 0 saturated heterocycles. The van der Waals surface area contributed by atoms with Crippen LogP contribution in [0.4, 0.5) is 5.69 Å². The minimum absolute atomic E-state index is 0.139. The highest BCUT2D eigenvalue weighted by molar-refractivity contribution is 7.98. The van der Waals surface area contributed by atoms with Gasteiger partial charge in [0.15, 0.2) is 0 Å². The van der Waals surface area contributed by atoms with E-state index in [1.807, 2.05) is 4.90 Å². The Balaban J connectivity index is 2.38. The maximum Gasteiger partial charge on any atom is 0.223 e. The zero-order chi connectivity index (χ0) is 10.1. The van der Waals surface area contributed by atoms with Crippen molar-refractivity contribution in [3.05, 3.63) is 23.8 Å². The number of hydrogen-bond donors (Lipinski definition) is 0. The van der Waals surface area contributed by atoms with Crippen molar-refractivity contribution in [3.63, 3.8) is 0 Å². The summed E-state index contributed by atoms with van der Waals surface area (Å²) in [5.74, 6) is 0.139. The fraction of sp³-hybridized carbons (Fsp3) is 0.364. The molecule has 14 heavy (non-hydrogen) atoms. The summed E-state index contributed by atoms with van der Waals surface area (Å²) in [7, 11) is 0. The van der Waals surface area contributed by atoms with Crippen molar-refractivity contribution < 1.29 is 4.79 Å². The van der Waals surface area contributed by atoms with Crippen LogP contribution in [0, 0.1) is 0 Å². The molecule has 2 nitrogen and oxygen atoms in total. The van der Waals surface area contributed by atoms with Gasteiger partial charge in [0.25, 0.3) is 0 Å². The molecule has 0 N–H and O–H groups in total. The number of carbonyl (C=O) groups excluding carboxylic acids is 1. The molecule has 0 spiro atoms. The average Bonchev–Trinajstić information content (AvgIpc) is 2.59. The first kappa shape index (κ1) is 9.59.